The number of carbonyl (C=O) groups is 1. The molecule has 0 bridgehead atoms. The quantitative estimate of drug-likeness (QED) is 0.505. The molecule has 158 valence electrons. The lowest BCUT2D eigenvalue weighted by molar-refractivity contribution is -0.132. The highest BCUT2D eigenvalue weighted by Crippen LogP contribution is 2.39. The zero-order valence-corrected chi connectivity index (χ0v) is 19.4. The predicted molar refractivity (Wildman–Crippen MR) is 125 cm³/mol. The molecule has 0 saturated carbocycles. The molecule has 5 nitrogen and oxygen atoms in total. The van der Waals surface area contributed by atoms with Crippen LogP contribution in [-0.4, -0.2) is 38.4 Å². The van der Waals surface area contributed by atoms with Gasteiger partial charge in [-0.05, 0) is 76.5 Å². The van der Waals surface area contributed by atoms with Crippen LogP contribution in [-0.2, 0) is 24.2 Å². The lowest BCUT2D eigenvalue weighted by atomic mass is 9.88. The van der Waals surface area contributed by atoms with Gasteiger partial charge in [-0.1, -0.05) is 23.2 Å². The molecule has 2 aliphatic rings. The summed E-state index contributed by atoms with van der Waals surface area (Å²) in [6.07, 6.45) is 10.7. The SMILES string of the molecule is O=C(Cn1ccnc1)N1CCC(=C2c3ccc(Cl)cc3CCc3cc(Br)cnc32)CC1. The molecule has 0 unspecified atom stereocenters. The van der Waals surface area contributed by atoms with Gasteiger partial charge in [0.25, 0.3) is 0 Å². The second-order valence-corrected chi connectivity index (χ2v) is 9.41. The fourth-order valence-corrected chi connectivity index (χ4v) is 5.15. The molecule has 3 heterocycles. The number of imidazole rings is 1. The fourth-order valence-electron chi connectivity index (χ4n) is 4.58. The van der Waals surface area contributed by atoms with Crippen molar-refractivity contribution in [3.8, 4) is 0 Å². The molecule has 1 aromatic carbocycles. The standard InChI is InChI=1S/C24H22BrClN4O/c25-19-11-18-2-1-17-12-20(26)3-4-21(17)23(24(18)28-13-19)16-5-8-30(9-6-16)22(31)14-29-10-7-27-15-29/h3-4,7,10-13,15H,1-2,5-6,8-9,14H2. The van der Waals surface area contributed by atoms with Crippen molar-refractivity contribution >= 4 is 39.0 Å². The van der Waals surface area contributed by atoms with Crippen LogP contribution in [0, 0.1) is 0 Å². The lowest BCUT2D eigenvalue weighted by Gasteiger charge is -2.30. The number of benzene rings is 1. The van der Waals surface area contributed by atoms with Gasteiger partial charge in [-0.15, -0.1) is 0 Å². The van der Waals surface area contributed by atoms with E-state index in [1.165, 1.54) is 27.8 Å². The Balaban J connectivity index is 1.48. The number of hydrogen-bond acceptors (Lipinski definition) is 3. The molecule has 1 aliphatic carbocycles. The van der Waals surface area contributed by atoms with Crippen LogP contribution in [0.4, 0.5) is 0 Å². The van der Waals surface area contributed by atoms with Gasteiger partial charge in [-0.3, -0.25) is 9.78 Å². The first-order chi connectivity index (χ1) is 15.1. The Morgan fingerprint density at radius 2 is 1.90 bits per heavy atom. The summed E-state index contributed by atoms with van der Waals surface area (Å²) >= 11 is 9.90. The minimum Gasteiger partial charge on any atom is -0.341 e. The summed E-state index contributed by atoms with van der Waals surface area (Å²) in [4.78, 5) is 23.5. The number of hydrogen-bond donors (Lipinski definition) is 0. The highest BCUT2D eigenvalue weighted by atomic mass is 79.9. The third-order valence-electron chi connectivity index (χ3n) is 6.12. The van der Waals surface area contributed by atoms with E-state index in [1.807, 2.05) is 27.9 Å². The summed E-state index contributed by atoms with van der Waals surface area (Å²) in [7, 11) is 0. The van der Waals surface area contributed by atoms with Crippen molar-refractivity contribution in [2.24, 2.45) is 0 Å². The summed E-state index contributed by atoms with van der Waals surface area (Å²) < 4.78 is 2.82. The molecule has 1 fully saturated rings. The summed E-state index contributed by atoms with van der Waals surface area (Å²) in [5, 5.41) is 0.767. The van der Waals surface area contributed by atoms with Crippen LogP contribution in [0.5, 0.6) is 0 Å². The van der Waals surface area contributed by atoms with Crippen molar-refractivity contribution in [2.45, 2.75) is 32.2 Å². The Labute approximate surface area is 194 Å². The van der Waals surface area contributed by atoms with Gasteiger partial charge in [-0.25, -0.2) is 4.98 Å². The van der Waals surface area contributed by atoms with Gasteiger partial charge in [-0.2, -0.15) is 0 Å². The fraction of sp³-hybridized carbons (Fsp3) is 0.292. The largest absolute Gasteiger partial charge is 0.341 e. The number of carbonyl (C=O) groups excluding carboxylic acids is 1. The van der Waals surface area contributed by atoms with Gasteiger partial charge in [0.15, 0.2) is 0 Å². The molecular formula is C24H22BrClN4O. The number of halogens is 2. The second-order valence-electron chi connectivity index (χ2n) is 8.06. The van der Waals surface area contributed by atoms with Crippen molar-refractivity contribution in [1.82, 2.24) is 19.4 Å². The van der Waals surface area contributed by atoms with E-state index < -0.39 is 0 Å². The van der Waals surface area contributed by atoms with Crippen molar-refractivity contribution in [2.75, 3.05) is 13.1 Å². The van der Waals surface area contributed by atoms with E-state index in [9.17, 15) is 4.79 Å². The van der Waals surface area contributed by atoms with Crippen molar-refractivity contribution < 1.29 is 4.79 Å². The van der Waals surface area contributed by atoms with Crippen molar-refractivity contribution in [3.63, 3.8) is 0 Å². The van der Waals surface area contributed by atoms with E-state index >= 15 is 0 Å². The van der Waals surface area contributed by atoms with Crippen LogP contribution in [0.15, 0.2) is 59.2 Å². The van der Waals surface area contributed by atoms with E-state index in [4.69, 9.17) is 16.6 Å². The molecule has 0 N–H and O–H groups in total. The van der Waals surface area contributed by atoms with Gasteiger partial charge >= 0.3 is 0 Å². The molecule has 1 aliphatic heterocycles. The third kappa shape index (κ3) is 4.19. The molecule has 5 rings (SSSR count). The number of likely N-dealkylation sites (tertiary alicyclic amines) is 1. The summed E-state index contributed by atoms with van der Waals surface area (Å²) in [5.74, 6) is 0.137. The van der Waals surface area contributed by atoms with Crippen LogP contribution < -0.4 is 0 Å². The maximum Gasteiger partial charge on any atom is 0.242 e. The second kappa shape index (κ2) is 8.60. The van der Waals surface area contributed by atoms with Gasteiger partial charge in [0.05, 0.1) is 12.0 Å². The number of nitrogens with zero attached hydrogens (tertiary/aromatic N) is 4. The first-order valence-corrected chi connectivity index (χ1v) is 11.6. The van der Waals surface area contributed by atoms with Crippen LogP contribution >= 0.6 is 27.5 Å². The van der Waals surface area contributed by atoms with Gasteiger partial charge < -0.3 is 9.47 Å². The Morgan fingerprint density at radius 3 is 2.68 bits per heavy atom. The zero-order chi connectivity index (χ0) is 21.4. The first-order valence-electron chi connectivity index (χ1n) is 10.5. The number of aromatic nitrogens is 3. The van der Waals surface area contributed by atoms with E-state index in [-0.39, 0.29) is 5.91 Å². The van der Waals surface area contributed by atoms with E-state index in [0.29, 0.717) is 6.54 Å². The maximum absolute atomic E-state index is 12.7. The summed E-state index contributed by atoms with van der Waals surface area (Å²) in [5.41, 5.74) is 7.41. The van der Waals surface area contributed by atoms with Gasteiger partial charge in [0, 0.05) is 46.7 Å². The van der Waals surface area contributed by atoms with Crippen molar-refractivity contribution in [3.05, 3.63) is 86.6 Å². The van der Waals surface area contributed by atoms with Crippen molar-refractivity contribution in [1.29, 1.82) is 0 Å². The molecule has 0 radical (unpaired) electrons. The minimum absolute atomic E-state index is 0.137. The molecular weight excluding hydrogens is 476 g/mol. The lowest BCUT2D eigenvalue weighted by Crippen LogP contribution is -2.38. The normalized spacial score (nSPS) is 16.0. The van der Waals surface area contributed by atoms with E-state index in [0.717, 1.165) is 54.0 Å². The molecule has 7 heteroatoms. The van der Waals surface area contributed by atoms with Crippen LogP contribution in [0.25, 0.3) is 5.57 Å². The summed E-state index contributed by atoms with van der Waals surface area (Å²) in [6.45, 7) is 1.79. The topological polar surface area (TPSA) is 51.0 Å². The number of piperidine rings is 1. The van der Waals surface area contributed by atoms with Crippen LogP contribution in [0.1, 0.15) is 35.2 Å². The molecule has 0 spiro atoms. The molecule has 31 heavy (non-hydrogen) atoms. The average Bonchev–Trinajstić information content (AvgIpc) is 3.22. The molecule has 1 saturated heterocycles. The van der Waals surface area contributed by atoms with E-state index in [1.54, 1.807) is 12.5 Å². The minimum atomic E-state index is 0.137. The maximum atomic E-state index is 12.7. The Kier molecular flexibility index (Phi) is 5.67. The van der Waals surface area contributed by atoms with E-state index in [2.05, 4.69) is 39.1 Å². The first kappa shape index (κ1) is 20.5. The molecule has 3 aromatic rings. The monoisotopic (exact) mass is 496 g/mol. The Morgan fingerprint density at radius 1 is 1.10 bits per heavy atom. The number of amides is 1. The smallest absolute Gasteiger partial charge is 0.242 e. The zero-order valence-electron chi connectivity index (χ0n) is 17.0. The number of aryl methyl sites for hydroxylation is 2. The number of rotatable bonds is 2. The Hall–Kier alpha value is -2.44. The van der Waals surface area contributed by atoms with Gasteiger partial charge in [0.2, 0.25) is 5.91 Å². The summed E-state index contributed by atoms with van der Waals surface area (Å²) in [6, 6.07) is 8.37. The number of fused-ring (bicyclic) bond motifs is 2. The third-order valence-corrected chi connectivity index (χ3v) is 6.79. The predicted octanol–water partition coefficient (Wildman–Crippen LogP) is 4.92. The molecule has 2 aromatic heterocycles. The molecule has 0 atom stereocenters. The highest BCUT2D eigenvalue weighted by molar-refractivity contribution is 9.10. The van der Waals surface area contributed by atoms with Gasteiger partial charge in [0.1, 0.15) is 6.54 Å². The highest BCUT2D eigenvalue weighted by Gasteiger charge is 2.26. The number of pyridine rings is 1. The van der Waals surface area contributed by atoms with Crippen LogP contribution in [0.3, 0.4) is 0 Å². The average molecular weight is 498 g/mol. The van der Waals surface area contributed by atoms with Crippen LogP contribution in [0.2, 0.25) is 5.02 Å². The Bertz CT molecular complexity index is 1110. The molecule has 1 amide bonds.